The Bertz CT molecular complexity index is 668. The third-order valence-corrected chi connectivity index (χ3v) is 4.90. The van der Waals surface area contributed by atoms with Crippen LogP contribution in [0.3, 0.4) is 0 Å². The van der Waals surface area contributed by atoms with E-state index in [1.165, 1.54) is 5.56 Å². The molecule has 0 spiro atoms. The number of carbonyl (C=O) groups is 1. The van der Waals surface area contributed by atoms with Crippen molar-refractivity contribution in [2.24, 2.45) is 0 Å². The van der Waals surface area contributed by atoms with E-state index in [0.717, 1.165) is 29.3 Å². The molecule has 0 bridgehead atoms. The SMILES string of the molecule is CC[C@H](N[C@H](C(=O)NC1CC1)c1ccccc1)c1ccc(Br)cc1. The van der Waals surface area contributed by atoms with Crippen molar-refractivity contribution in [2.75, 3.05) is 0 Å². The summed E-state index contributed by atoms with van der Waals surface area (Å²) in [6, 6.07) is 18.4. The highest BCUT2D eigenvalue weighted by Gasteiger charge is 2.29. The number of benzene rings is 2. The molecule has 1 saturated carbocycles. The van der Waals surface area contributed by atoms with Gasteiger partial charge >= 0.3 is 0 Å². The van der Waals surface area contributed by atoms with Crippen LogP contribution in [0.25, 0.3) is 0 Å². The number of nitrogens with one attached hydrogen (secondary N) is 2. The van der Waals surface area contributed by atoms with E-state index < -0.39 is 0 Å². The highest BCUT2D eigenvalue weighted by Crippen LogP contribution is 2.26. The van der Waals surface area contributed by atoms with E-state index in [-0.39, 0.29) is 18.0 Å². The van der Waals surface area contributed by atoms with Crippen LogP contribution in [0, 0.1) is 0 Å². The molecule has 0 aromatic heterocycles. The van der Waals surface area contributed by atoms with Crippen molar-refractivity contribution in [2.45, 2.75) is 44.3 Å². The van der Waals surface area contributed by atoms with Gasteiger partial charge in [-0.25, -0.2) is 0 Å². The minimum absolute atomic E-state index is 0.0688. The van der Waals surface area contributed by atoms with Crippen LogP contribution in [0.1, 0.15) is 49.4 Å². The lowest BCUT2D eigenvalue weighted by Crippen LogP contribution is -2.40. The number of halogens is 1. The molecule has 0 heterocycles. The van der Waals surface area contributed by atoms with Crippen LogP contribution in [0.15, 0.2) is 59.1 Å². The van der Waals surface area contributed by atoms with Gasteiger partial charge in [0.05, 0.1) is 0 Å². The molecule has 24 heavy (non-hydrogen) atoms. The Morgan fingerprint density at radius 2 is 1.75 bits per heavy atom. The van der Waals surface area contributed by atoms with Crippen molar-refractivity contribution in [1.82, 2.24) is 10.6 Å². The zero-order valence-corrected chi connectivity index (χ0v) is 15.4. The van der Waals surface area contributed by atoms with E-state index in [1.54, 1.807) is 0 Å². The second-order valence-electron chi connectivity index (χ2n) is 6.31. The highest BCUT2D eigenvalue weighted by atomic mass is 79.9. The Balaban J connectivity index is 1.81. The maximum atomic E-state index is 12.7. The van der Waals surface area contributed by atoms with E-state index in [2.05, 4.69) is 45.6 Å². The van der Waals surface area contributed by atoms with E-state index in [1.807, 2.05) is 42.5 Å². The molecule has 1 amide bonds. The Labute approximate surface area is 152 Å². The molecule has 3 rings (SSSR count). The highest BCUT2D eigenvalue weighted by molar-refractivity contribution is 9.10. The normalized spacial score (nSPS) is 16.4. The van der Waals surface area contributed by atoms with E-state index in [0.29, 0.717) is 6.04 Å². The van der Waals surface area contributed by atoms with Gasteiger partial charge in [0.15, 0.2) is 0 Å². The standard InChI is InChI=1S/C20H23BrN2O/c1-2-18(14-8-10-16(21)11-9-14)23-19(15-6-4-3-5-7-15)20(24)22-17-12-13-17/h3-11,17-19,23H,2,12-13H2,1H3,(H,22,24)/t18-,19-/m0/s1. The zero-order chi connectivity index (χ0) is 16.9. The van der Waals surface area contributed by atoms with Gasteiger partial charge in [-0.2, -0.15) is 0 Å². The predicted octanol–water partition coefficient (Wildman–Crippen LogP) is 4.51. The molecule has 2 N–H and O–H groups in total. The second-order valence-corrected chi connectivity index (χ2v) is 7.22. The third kappa shape index (κ3) is 4.46. The summed E-state index contributed by atoms with van der Waals surface area (Å²) in [5.74, 6) is 0.0688. The molecule has 0 unspecified atom stereocenters. The van der Waals surface area contributed by atoms with Crippen LogP contribution in [-0.2, 0) is 4.79 Å². The predicted molar refractivity (Wildman–Crippen MR) is 101 cm³/mol. The second kappa shape index (κ2) is 7.95. The van der Waals surface area contributed by atoms with Crippen molar-refractivity contribution >= 4 is 21.8 Å². The Morgan fingerprint density at radius 3 is 2.33 bits per heavy atom. The quantitative estimate of drug-likeness (QED) is 0.734. The van der Waals surface area contributed by atoms with E-state index in [4.69, 9.17) is 0 Å². The number of hydrogen-bond acceptors (Lipinski definition) is 2. The Morgan fingerprint density at radius 1 is 1.08 bits per heavy atom. The van der Waals surface area contributed by atoms with E-state index >= 15 is 0 Å². The molecule has 0 saturated heterocycles. The lowest BCUT2D eigenvalue weighted by Gasteiger charge is -2.25. The van der Waals surface area contributed by atoms with Crippen molar-refractivity contribution in [3.8, 4) is 0 Å². The molecule has 1 aliphatic rings. The number of carbonyl (C=O) groups excluding carboxylic acids is 1. The molecule has 4 heteroatoms. The molecule has 1 aliphatic carbocycles. The fourth-order valence-electron chi connectivity index (χ4n) is 2.83. The van der Waals surface area contributed by atoms with E-state index in [9.17, 15) is 4.79 Å². The van der Waals surface area contributed by atoms with Gasteiger partial charge in [-0.15, -0.1) is 0 Å². The minimum Gasteiger partial charge on any atom is -0.352 e. The first kappa shape index (κ1) is 17.2. The average Bonchev–Trinajstić information content (AvgIpc) is 3.41. The summed E-state index contributed by atoms with van der Waals surface area (Å²) < 4.78 is 1.06. The number of amides is 1. The van der Waals surface area contributed by atoms with Crippen LogP contribution in [-0.4, -0.2) is 11.9 Å². The van der Waals surface area contributed by atoms with Crippen molar-refractivity contribution in [1.29, 1.82) is 0 Å². The Kier molecular flexibility index (Phi) is 5.69. The smallest absolute Gasteiger partial charge is 0.241 e. The maximum absolute atomic E-state index is 12.7. The number of hydrogen-bond donors (Lipinski definition) is 2. The molecule has 0 aliphatic heterocycles. The average molecular weight is 387 g/mol. The van der Waals surface area contributed by atoms with Gasteiger partial charge in [0.25, 0.3) is 0 Å². The summed E-state index contributed by atoms with van der Waals surface area (Å²) in [5.41, 5.74) is 2.20. The van der Waals surface area contributed by atoms with Gasteiger partial charge < -0.3 is 5.32 Å². The van der Waals surface area contributed by atoms with Gasteiger partial charge in [-0.05, 0) is 42.5 Å². The zero-order valence-electron chi connectivity index (χ0n) is 13.8. The molecule has 2 atom stereocenters. The van der Waals surface area contributed by atoms with Crippen molar-refractivity contribution in [3.63, 3.8) is 0 Å². The van der Waals surface area contributed by atoms with Gasteiger partial charge in [0.1, 0.15) is 6.04 Å². The summed E-state index contributed by atoms with van der Waals surface area (Å²) >= 11 is 3.48. The van der Waals surface area contributed by atoms with Crippen LogP contribution in [0.4, 0.5) is 0 Å². The first-order valence-corrected chi connectivity index (χ1v) is 9.33. The van der Waals surface area contributed by atoms with Crippen LogP contribution in [0.2, 0.25) is 0 Å². The summed E-state index contributed by atoms with van der Waals surface area (Å²) in [4.78, 5) is 12.7. The lowest BCUT2D eigenvalue weighted by molar-refractivity contribution is -0.123. The molecule has 2 aromatic carbocycles. The summed E-state index contributed by atoms with van der Waals surface area (Å²) in [6.45, 7) is 2.14. The molecular weight excluding hydrogens is 364 g/mol. The van der Waals surface area contributed by atoms with Crippen LogP contribution < -0.4 is 10.6 Å². The summed E-state index contributed by atoms with van der Waals surface area (Å²) in [7, 11) is 0. The first-order valence-electron chi connectivity index (χ1n) is 8.54. The van der Waals surface area contributed by atoms with Crippen molar-refractivity contribution in [3.05, 3.63) is 70.2 Å². The fraction of sp³-hybridized carbons (Fsp3) is 0.350. The lowest BCUT2D eigenvalue weighted by atomic mass is 10.00. The monoisotopic (exact) mass is 386 g/mol. The molecular formula is C20H23BrN2O. The van der Waals surface area contributed by atoms with Crippen molar-refractivity contribution < 1.29 is 4.79 Å². The Hall–Kier alpha value is -1.65. The summed E-state index contributed by atoms with van der Waals surface area (Å²) in [5, 5.41) is 6.69. The molecule has 126 valence electrons. The van der Waals surface area contributed by atoms with Gasteiger partial charge in [-0.1, -0.05) is 65.3 Å². The van der Waals surface area contributed by atoms with Gasteiger partial charge in [0, 0.05) is 16.6 Å². The topological polar surface area (TPSA) is 41.1 Å². The summed E-state index contributed by atoms with van der Waals surface area (Å²) in [6.07, 6.45) is 3.11. The largest absolute Gasteiger partial charge is 0.352 e. The molecule has 1 fully saturated rings. The molecule has 0 radical (unpaired) electrons. The third-order valence-electron chi connectivity index (χ3n) is 4.37. The number of rotatable bonds is 7. The van der Waals surface area contributed by atoms with Gasteiger partial charge in [-0.3, -0.25) is 10.1 Å². The maximum Gasteiger partial charge on any atom is 0.241 e. The minimum atomic E-state index is -0.333. The molecule has 3 nitrogen and oxygen atoms in total. The molecule has 2 aromatic rings. The van der Waals surface area contributed by atoms with Crippen LogP contribution in [0.5, 0.6) is 0 Å². The first-order chi connectivity index (χ1) is 11.7. The van der Waals surface area contributed by atoms with Crippen LogP contribution >= 0.6 is 15.9 Å². The fourth-order valence-corrected chi connectivity index (χ4v) is 3.09. The van der Waals surface area contributed by atoms with Gasteiger partial charge in [0.2, 0.25) is 5.91 Å².